The highest BCUT2D eigenvalue weighted by molar-refractivity contribution is 5.92. The molecule has 1 rings (SSSR count). The van der Waals surface area contributed by atoms with Crippen LogP contribution in [-0.2, 0) is 11.3 Å². The van der Waals surface area contributed by atoms with Crippen LogP contribution in [0.2, 0.25) is 0 Å². The minimum atomic E-state index is -0.0782. The van der Waals surface area contributed by atoms with Gasteiger partial charge in [-0.1, -0.05) is 6.08 Å². The van der Waals surface area contributed by atoms with Gasteiger partial charge in [-0.2, -0.15) is 15.4 Å². The number of nitrogens with one attached hydrogen (secondary N) is 2. The summed E-state index contributed by atoms with van der Waals surface area (Å²) in [6.45, 7) is 3.99. The Morgan fingerprint density at radius 2 is 2.54 bits per heavy atom. The molecule has 2 N–H and O–H groups in total. The molecule has 70 valence electrons. The molecule has 5 nitrogen and oxygen atoms in total. The summed E-state index contributed by atoms with van der Waals surface area (Å²) < 4.78 is 0. The molecule has 0 bridgehead atoms. The number of hydrogen-bond acceptors (Lipinski definition) is 3. The first kappa shape index (κ1) is 9.44. The van der Waals surface area contributed by atoms with E-state index in [2.05, 4.69) is 20.7 Å². The van der Waals surface area contributed by atoms with Crippen LogP contribution in [0, 0.1) is 0 Å². The van der Waals surface area contributed by atoms with E-state index in [1.54, 1.807) is 19.2 Å². The smallest absolute Gasteiger partial charge is 0.246 e. The Kier molecular flexibility index (Phi) is 3.19. The summed E-state index contributed by atoms with van der Waals surface area (Å²) >= 11 is 0. The molecule has 0 radical (unpaired) electrons. The zero-order valence-electron chi connectivity index (χ0n) is 7.66. The second kappa shape index (κ2) is 4.39. The van der Waals surface area contributed by atoms with Crippen LogP contribution in [0.3, 0.4) is 0 Å². The molecule has 0 unspecified atom stereocenters. The van der Waals surface area contributed by atoms with Gasteiger partial charge in [0.05, 0.1) is 12.7 Å². The van der Waals surface area contributed by atoms with Crippen LogP contribution in [0.15, 0.2) is 17.8 Å². The number of allylic oxidation sites excluding steroid dienone is 1. The minimum Gasteiger partial charge on any atom is -0.347 e. The van der Waals surface area contributed by atoms with Crippen molar-refractivity contribution in [2.75, 3.05) is 0 Å². The molecule has 0 saturated carbocycles. The van der Waals surface area contributed by atoms with Crippen molar-refractivity contribution < 1.29 is 4.79 Å². The molecule has 0 aromatic carbocycles. The van der Waals surface area contributed by atoms with Gasteiger partial charge in [-0.3, -0.25) is 4.79 Å². The predicted octanol–water partition coefficient (Wildman–Crippen LogP) is 0.387. The SMILES string of the molecule is C/C=C(/C)C(=O)NCc1cn[nH]n1. The lowest BCUT2D eigenvalue weighted by molar-refractivity contribution is -0.117. The second-order valence-corrected chi connectivity index (χ2v) is 2.62. The van der Waals surface area contributed by atoms with Gasteiger partial charge in [0.2, 0.25) is 5.91 Å². The first-order chi connectivity index (χ1) is 6.24. The average Bonchev–Trinajstić information content (AvgIpc) is 2.65. The maximum Gasteiger partial charge on any atom is 0.246 e. The van der Waals surface area contributed by atoms with E-state index in [9.17, 15) is 4.79 Å². The topological polar surface area (TPSA) is 70.7 Å². The molecular formula is C8H12N4O. The highest BCUT2D eigenvalue weighted by Gasteiger charge is 2.02. The standard InChI is InChI=1S/C8H12N4O/c1-3-6(2)8(13)9-4-7-5-10-12-11-7/h3,5H,4H2,1-2H3,(H,9,13)(H,10,11,12)/b6-3-. The summed E-state index contributed by atoms with van der Waals surface area (Å²) in [6, 6.07) is 0. The number of carbonyl (C=O) groups excluding carboxylic acids is 1. The molecule has 0 aliphatic carbocycles. The van der Waals surface area contributed by atoms with Crippen LogP contribution in [0.25, 0.3) is 0 Å². The van der Waals surface area contributed by atoms with E-state index in [0.717, 1.165) is 5.69 Å². The van der Waals surface area contributed by atoms with Gasteiger partial charge in [0.1, 0.15) is 5.69 Å². The van der Waals surface area contributed by atoms with Crippen molar-refractivity contribution in [3.05, 3.63) is 23.5 Å². The zero-order valence-corrected chi connectivity index (χ0v) is 7.66. The maximum atomic E-state index is 11.2. The first-order valence-electron chi connectivity index (χ1n) is 3.99. The van der Waals surface area contributed by atoms with Crippen LogP contribution in [0.1, 0.15) is 19.5 Å². The van der Waals surface area contributed by atoms with Crippen molar-refractivity contribution in [2.24, 2.45) is 0 Å². The Hall–Kier alpha value is -1.65. The number of rotatable bonds is 3. The average molecular weight is 180 g/mol. The third-order valence-electron chi connectivity index (χ3n) is 1.69. The van der Waals surface area contributed by atoms with Gasteiger partial charge >= 0.3 is 0 Å². The quantitative estimate of drug-likeness (QED) is 0.661. The summed E-state index contributed by atoms with van der Waals surface area (Å²) in [4.78, 5) is 11.2. The molecule has 0 aliphatic heterocycles. The first-order valence-corrected chi connectivity index (χ1v) is 3.99. The molecule has 13 heavy (non-hydrogen) atoms. The molecule has 0 aliphatic rings. The molecule has 1 aromatic heterocycles. The molecule has 5 heteroatoms. The minimum absolute atomic E-state index is 0.0782. The lowest BCUT2D eigenvalue weighted by atomic mass is 10.3. The van der Waals surface area contributed by atoms with Gasteiger partial charge in [0.25, 0.3) is 0 Å². The Balaban J connectivity index is 2.40. The molecular weight excluding hydrogens is 168 g/mol. The Bertz CT molecular complexity index is 302. The van der Waals surface area contributed by atoms with E-state index in [1.165, 1.54) is 0 Å². The van der Waals surface area contributed by atoms with E-state index in [1.807, 2.05) is 6.92 Å². The van der Waals surface area contributed by atoms with Crippen molar-refractivity contribution in [2.45, 2.75) is 20.4 Å². The van der Waals surface area contributed by atoms with Crippen LogP contribution >= 0.6 is 0 Å². The zero-order chi connectivity index (χ0) is 9.68. The van der Waals surface area contributed by atoms with Crippen molar-refractivity contribution >= 4 is 5.91 Å². The second-order valence-electron chi connectivity index (χ2n) is 2.62. The van der Waals surface area contributed by atoms with E-state index < -0.39 is 0 Å². The van der Waals surface area contributed by atoms with Crippen molar-refractivity contribution in [3.8, 4) is 0 Å². The predicted molar refractivity (Wildman–Crippen MR) is 47.7 cm³/mol. The van der Waals surface area contributed by atoms with Crippen molar-refractivity contribution in [3.63, 3.8) is 0 Å². The lowest BCUT2D eigenvalue weighted by Crippen LogP contribution is -2.23. The summed E-state index contributed by atoms with van der Waals surface area (Å²) in [5.41, 5.74) is 1.42. The van der Waals surface area contributed by atoms with Crippen molar-refractivity contribution in [1.82, 2.24) is 20.7 Å². The fourth-order valence-corrected chi connectivity index (χ4v) is 0.752. The largest absolute Gasteiger partial charge is 0.347 e. The van der Waals surface area contributed by atoms with Gasteiger partial charge in [-0.15, -0.1) is 0 Å². The number of nitrogens with zero attached hydrogens (tertiary/aromatic N) is 2. The van der Waals surface area contributed by atoms with Crippen LogP contribution in [-0.4, -0.2) is 21.3 Å². The molecule has 0 fully saturated rings. The molecule has 1 heterocycles. The summed E-state index contributed by atoms with van der Waals surface area (Å²) in [7, 11) is 0. The summed E-state index contributed by atoms with van der Waals surface area (Å²) in [5, 5.41) is 12.6. The number of aromatic nitrogens is 3. The van der Waals surface area contributed by atoms with Crippen molar-refractivity contribution in [1.29, 1.82) is 0 Å². The molecule has 1 amide bonds. The number of carbonyl (C=O) groups is 1. The van der Waals surface area contributed by atoms with Crippen LogP contribution in [0.4, 0.5) is 0 Å². The van der Waals surface area contributed by atoms with E-state index >= 15 is 0 Å². The summed E-state index contributed by atoms with van der Waals surface area (Å²) in [6.07, 6.45) is 3.34. The Labute approximate surface area is 76.2 Å². The number of aromatic amines is 1. The molecule has 0 saturated heterocycles. The summed E-state index contributed by atoms with van der Waals surface area (Å²) in [5.74, 6) is -0.0782. The normalized spacial score (nSPS) is 11.4. The van der Waals surface area contributed by atoms with Crippen LogP contribution < -0.4 is 5.32 Å². The maximum absolute atomic E-state index is 11.2. The van der Waals surface area contributed by atoms with Gasteiger partial charge in [-0.05, 0) is 13.8 Å². The van der Waals surface area contributed by atoms with E-state index in [4.69, 9.17) is 0 Å². The molecule has 0 spiro atoms. The highest BCUT2D eigenvalue weighted by Crippen LogP contribution is 1.93. The fraction of sp³-hybridized carbons (Fsp3) is 0.375. The Morgan fingerprint density at radius 1 is 1.77 bits per heavy atom. The molecule has 0 atom stereocenters. The monoisotopic (exact) mass is 180 g/mol. The van der Waals surface area contributed by atoms with Gasteiger partial charge in [-0.25, -0.2) is 0 Å². The third kappa shape index (κ3) is 2.70. The van der Waals surface area contributed by atoms with Crippen LogP contribution in [0.5, 0.6) is 0 Å². The lowest BCUT2D eigenvalue weighted by Gasteiger charge is -2.01. The van der Waals surface area contributed by atoms with E-state index in [-0.39, 0.29) is 5.91 Å². The van der Waals surface area contributed by atoms with Gasteiger partial charge in [0.15, 0.2) is 0 Å². The van der Waals surface area contributed by atoms with Gasteiger partial charge in [0, 0.05) is 5.57 Å². The highest BCUT2D eigenvalue weighted by atomic mass is 16.1. The Morgan fingerprint density at radius 3 is 3.08 bits per heavy atom. The number of hydrogen-bond donors (Lipinski definition) is 2. The number of amides is 1. The van der Waals surface area contributed by atoms with Gasteiger partial charge < -0.3 is 5.32 Å². The molecule has 1 aromatic rings. The van der Waals surface area contributed by atoms with E-state index in [0.29, 0.717) is 12.1 Å². The third-order valence-corrected chi connectivity index (χ3v) is 1.69. The number of H-pyrrole nitrogens is 1. The fourth-order valence-electron chi connectivity index (χ4n) is 0.752.